The van der Waals surface area contributed by atoms with E-state index >= 15 is 0 Å². The summed E-state index contributed by atoms with van der Waals surface area (Å²) in [7, 11) is -2.64. The van der Waals surface area contributed by atoms with Crippen LogP contribution >= 0.6 is 21.4 Å². The normalized spacial score (nSPS) is 14.7. The number of rotatable bonds is 23. The van der Waals surface area contributed by atoms with Crippen molar-refractivity contribution in [3.63, 3.8) is 0 Å². The number of thiophene rings is 1. The molecule has 0 amide bonds. The third kappa shape index (κ3) is 12.5. The van der Waals surface area contributed by atoms with Crippen LogP contribution in [0.5, 0.6) is 0 Å². The van der Waals surface area contributed by atoms with Crippen molar-refractivity contribution in [2.24, 2.45) is 0 Å². The summed E-state index contributed by atoms with van der Waals surface area (Å²) in [6, 6.07) is 3.92. The number of carbonyl (C=O) groups excluding carboxylic acids is 2. The fourth-order valence-corrected chi connectivity index (χ4v) is 8.70. The lowest BCUT2D eigenvalue weighted by Gasteiger charge is -2.30. The van der Waals surface area contributed by atoms with Crippen LogP contribution in [0.1, 0.15) is 147 Å². The highest BCUT2D eigenvalue weighted by molar-refractivity contribution is 8.63. The van der Waals surface area contributed by atoms with Gasteiger partial charge in [0, 0.05) is 19.8 Å². The van der Waals surface area contributed by atoms with Gasteiger partial charge < -0.3 is 9.47 Å². The van der Waals surface area contributed by atoms with E-state index in [4.69, 9.17) is 9.47 Å². The Morgan fingerprint density at radius 2 is 1.07 bits per heavy atom. The first-order valence-electron chi connectivity index (χ1n) is 16.3. The van der Waals surface area contributed by atoms with E-state index < -0.39 is 20.6 Å². The summed E-state index contributed by atoms with van der Waals surface area (Å²) < 4.78 is 11.5. The van der Waals surface area contributed by atoms with E-state index in [1.165, 1.54) is 103 Å². The average molecular weight is 593 g/mol. The Morgan fingerprint density at radius 1 is 0.650 bits per heavy atom. The van der Waals surface area contributed by atoms with E-state index in [2.05, 4.69) is 13.8 Å². The molecule has 1 aromatic rings. The zero-order valence-corrected chi connectivity index (χ0v) is 27.1. The number of unbranched alkanes of at least 4 members (excludes halogenated alkanes) is 18. The maximum Gasteiger partial charge on any atom is 0.367 e. The van der Waals surface area contributed by atoms with Gasteiger partial charge in [-0.25, -0.2) is 9.59 Å². The summed E-state index contributed by atoms with van der Waals surface area (Å²) in [5.74, 6) is 0. The van der Waals surface area contributed by atoms with Gasteiger partial charge in [0.05, 0.1) is 13.2 Å². The molecule has 0 aromatic carbocycles. The fourth-order valence-electron chi connectivity index (χ4n) is 5.12. The number of hydrogen-bond donors (Lipinski definition) is 0. The molecule has 0 unspecified atom stereocenters. The predicted octanol–water partition coefficient (Wildman–Crippen LogP) is 12.5. The van der Waals surface area contributed by atoms with Gasteiger partial charge in [0.15, 0.2) is 0 Å². The van der Waals surface area contributed by atoms with Crippen molar-refractivity contribution in [2.45, 2.75) is 142 Å². The molecule has 1 aliphatic heterocycles. The Morgan fingerprint density at radius 3 is 1.48 bits per heavy atom. The van der Waals surface area contributed by atoms with Gasteiger partial charge in [0.25, 0.3) is 0 Å². The van der Waals surface area contributed by atoms with Crippen LogP contribution in [0, 0.1) is 0 Å². The number of allylic oxidation sites excluding steroid dienone is 2. The van der Waals surface area contributed by atoms with Crippen LogP contribution in [0.3, 0.4) is 0 Å². The van der Waals surface area contributed by atoms with Crippen LogP contribution in [-0.4, -0.2) is 23.8 Å². The third-order valence-corrected chi connectivity index (χ3v) is 11.5. The minimum absolute atomic E-state index is 0.362. The van der Waals surface area contributed by atoms with E-state index in [0.717, 1.165) is 35.5 Å². The molecule has 0 atom stereocenters. The molecule has 0 saturated heterocycles. The summed E-state index contributed by atoms with van der Waals surface area (Å²) in [6.07, 6.45) is 28.3. The largest absolute Gasteiger partial charge is 0.458 e. The van der Waals surface area contributed by atoms with Crippen molar-refractivity contribution in [3.8, 4) is 0 Å². The second-order valence-corrected chi connectivity index (χ2v) is 14.7. The molecule has 2 heterocycles. The van der Waals surface area contributed by atoms with E-state index in [-0.39, 0.29) is 0 Å². The number of ether oxygens (including phenoxy) is 2. The van der Waals surface area contributed by atoms with E-state index in [1.807, 2.05) is 29.7 Å². The minimum Gasteiger partial charge on any atom is -0.458 e. The van der Waals surface area contributed by atoms with Crippen LogP contribution in [0.4, 0.5) is 9.59 Å². The highest BCUT2D eigenvalue weighted by Crippen LogP contribution is 2.66. The zero-order chi connectivity index (χ0) is 28.7. The molecule has 0 aliphatic carbocycles. The summed E-state index contributed by atoms with van der Waals surface area (Å²) in [6.45, 7) is 5.23. The van der Waals surface area contributed by atoms with E-state index in [9.17, 15) is 9.59 Å². The van der Waals surface area contributed by atoms with Crippen molar-refractivity contribution in [2.75, 3.05) is 13.2 Å². The van der Waals surface area contributed by atoms with Gasteiger partial charge >= 0.3 is 10.6 Å². The molecule has 0 N–H and O–H groups in total. The molecule has 40 heavy (non-hydrogen) atoms. The summed E-state index contributed by atoms with van der Waals surface area (Å²) in [4.78, 5) is 28.7. The first kappa shape index (κ1) is 34.7. The van der Waals surface area contributed by atoms with Crippen LogP contribution in [0.15, 0.2) is 35.1 Å². The molecule has 2 rings (SSSR count). The van der Waals surface area contributed by atoms with Gasteiger partial charge in [0.1, 0.15) is 0 Å². The quantitative estimate of drug-likeness (QED) is 0.0936. The number of carbonyl (C=O) groups is 2. The van der Waals surface area contributed by atoms with Crippen LogP contribution in [-0.2, 0) is 9.47 Å². The average Bonchev–Trinajstić information content (AvgIpc) is 3.65. The second-order valence-electron chi connectivity index (χ2n) is 11.1. The first-order valence-corrected chi connectivity index (χ1v) is 18.8. The molecule has 228 valence electrons. The minimum atomic E-state index is -2.64. The monoisotopic (exact) mass is 592 g/mol. The molecule has 1 aromatic heterocycles. The third-order valence-electron chi connectivity index (χ3n) is 7.60. The lowest BCUT2D eigenvalue weighted by molar-refractivity contribution is 0.165. The maximum absolute atomic E-state index is 13.5. The molecule has 1 aliphatic rings. The predicted molar refractivity (Wildman–Crippen MR) is 175 cm³/mol. The van der Waals surface area contributed by atoms with Crippen molar-refractivity contribution in [1.82, 2.24) is 0 Å². The van der Waals surface area contributed by atoms with Crippen molar-refractivity contribution in [1.29, 1.82) is 0 Å². The summed E-state index contributed by atoms with van der Waals surface area (Å²) >= 11 is 1.55. The topological polar surface area (TPSA) is 52.6 Å². The Balaban J connectivity index is 1.74. The lowest BCUT2D eigenvalue weighted by atomic mass is 10.1. The fraction of sp³-hybridized carbons (Fsp3) is 0.706. The standard InChI is InChI=1S/C34H56O4S2/c1-3-5-7-9-11-13-15-17-19-21-27-37-33(35)40(30-24-26-32(40)31-25-23-29-39-31)34(36)38-28-22-20-18-16-14-12-10-8-6-4-2/h23-26,29-30H,3-22,27-28H2,1-2H3. The molecule has 4 nitrogen and oxygen atoms in total. The van der Waals surface area contributed by atoms with Crippen molar-refractivity contribution in [3.05, 3.63) is 40.0 Å². The maximum atomic E-state index is 13.5. The molecular formula is C34H56O4S2. The zero-order valence-electron chi connectivity index (χ0n) is 25.5. The lowest BCUT2D eigenvalue weighted by Crippen LogP contribution is -2.22. The van der Waals surface area contributed by atoms with Crippen molar-refractivity contribution >= 4 is 36.9 Å². The molecule has 0 radical (unpaired) electrons. The first-order chi connectivity index (χ1) is 19.7. The van der Waals surface area contributed by atoms with Gasteiger partial charge in [-0.05, 0) is 35.8 Å². The van der Waals surface area contributed by atoms with Crippen molar-refractivity contribution < 1.29 is 19.1 Å². The van der Waals surface area contributed by atoms with Gasteiger partial charge in [0.2, 0.25) is 0 Å². The number of hydrogen-bond acceptors (Lipinski definition) is 5. The molecule has 0 spiro atoms. The van der Waals surface area contributed by atoms with E-state index in [0.29, 0.717) is 13.2 Å². The highest BCUT2D eigenvalue weighted by Gasteiger charge is 2.47. The van der Waals surface area contributed by atoms with Gasteiger partial charge in [-0.3, -0.25) is 0 Å². The van der Waals surface area contributed by atoms with Gasteiger partial charge in [-0.15, -0.1) is 11.3 Å². The van der Waals surface area contributed by atoms with Gasteiger partial charge in [-0.2, -0.15) is 0 Å². The molecule has 0 saturated carbocycles. The molecular weight excluding hydrogens is 537 g/mol. The second kappa shape index (κ2) is 22.1. The Kier molecular flexibility index (Phi) is 19.2. The molecule has 0 bridgehead atoms. The van der Waals surface area contributed by atoms with Crippen LogP contribution < -0.4 is 0 Å². The van der Waals surface area contributed by atoms with Crippen LogP contribution in [0.2, 0.25) is 0 Å². The molecule has 0 fully saturated rings. The Labute approximate surface area is 250 Å². The Bertz CT molecular complexity index is 821. The highest BCUT2D eigenvalue weighted by atomic mass is 32.3. The summed E-state index contributed by atoms with van der Waals surface area (Å²) in [5, 5.41) is 2.88. The Hall–Kier alpha value is -1.53. The summed E-state index contributed by atoms with van der Waals surface area (Å²) in [5.41, 5.74) is 0. The van der Waals surface area contributed by atoms with Crippen LogP contribution in [0.25, 0.3) is 4.91 Å². The smallest absolute Gasteiger partial charge is 0.367 e. The molecule has 6 heteroatoms. The van der Waals surface area contributed by atoms with E-state index in [1.54, 1.807) is 16.7 Å². The SMILES string of the molecule is CCCCCCCCCCCCOC(=O)S1(C(=O)OCCCCCCCCCCCC)C=CC=C1c1cccs1. The van der Waals surface area contributed by atoms with Gasteiger partial charge in [-0.1, -0.05) is 142 Å².